The first-order valence-corrected chi connectivity index (χ1v) is 10.4. The van der Waals surface area contributed by atoms with Crippen LogP contribution in [0.1, 0.15) is 10.5 Å². The number of hydrogen-bond donors (Lipinski definition) is 2. The molecule has 0 saturated heterocycles. The Labute approximate surface area is 192 Å². The second-order valence-electron chi connectivity index (χ2n) is 6.80. The number of carbonyl (C=O) groups excluding carboxylic acids is 2. The number of aliphatic carboxylic acids is 1. The van der Waals surface area contributed by atoms with E-state index in [-0.39, 0.29) is 28.7 Å². The number of fused-ring (bicyclic) bond motifs is 1. The number of rotatable bonds is 6. The van der Waals surface area contributed by atoms with Crippen molar-refractivity contribution in [1.29, 1.82) is 0 Å². The first kappa shape index (κ1) is 21.0. The van der Waals surface area contributed by atoms with Gasteiger partial charge in [-0.05, 0) is 27.8 Å². The number of hydrogen-bond acceptors (Lipinski definition) is 12. The molecule has 4 heterocycles. The van der Waals surface area contributed by atoms with Gasteiger partial charge in [-0.15, -0.1) is 26.7 Å². The minimum absolute atomic E-state index is 0.0369. The van der Waals surface area contributed by atoms with Crippen LogP contribution in [0.2, 0.25) is 0 Å². The summed E-state index contributed by atoms with van der Waals surface area (Å²) in [7, 11) is 0. The lowest BCUT2D eigenvalue weighted by Crippen LogP contribution is -2.27. The highest BCUT2D eigenvalue weighted by Crippen LogP contribution is 2.39. The van der Waals surface area contributed by atoms with Crippen LogP contribution in [0.3, 0.4) is 0 Å². The van der Waals surface area contributed by atoms with Crippen molar-refractivity contribution >= 4 is 45.6 Å². The molecule has 0 fully saturated rings. The first-order chi connectivity index (χ1) is 16.5. The Hall–Kier alpha value is -4.92. The van der Waals surface area contributed by atoms with Gasteiger partial charge >= 0.3 is 5.91 Å². The highest BCUT2D eigenvalue weighted by Gasteiger charge is 2.26. The lowest BCUT2D eigenvalue weighted by Gasteiger charge is -2.06. The van der Waals surface area contributed by atoms with Crippen molar-refractivity contribution in [3.63, 3.8) is 0 Å². The fourth-order valence-electron chi connectivity index (χ4n) is 3.35. The Morgan fingerprint density at radius 3 is 2.74 bits per heavy atom. The van der Waals surface area contributed by atoms with Gasteiger partial charge in [-0.25, -0.2) is 4.63 Å². The van der Waals surface area contributed by atoms with Gasteiger partial charge in [-0.2, -0.15) is 4.68 Å². The number of nitrogen functional groups attached to an aromatic ring is 1. The second-order valence-corrected chi connectivity index (χ2v) is 7.75. The Morgan fingerprint density at radius 1 is 1.21 bits per heavy atom. The Kier molecular flexibility index (Phi) is 5.06. The molecule has 1 amide bonds. The van der Waals surface area contributed by atoms with Gasteiger partial charge in [-0.3, -0.25) is 4.79 Å². The molecule has 170 valence electrons. The topological polar surface area (TPSA) is 203 Å². The number of nitrogens with zero attached hydrogens (tertiary/aromatic N) is 8. The van der Waals surface area contributed by atoms with Crippen molar-refractivity contribution in [2.45, 2.75) is 6.54 Å². The van der Waals surface area contributed by atoms with Crippen LogP contribution in [-0.4, -0.2) is 46.9 Å². The van der Waals surface area contributed by atoms with Crippen LogP contribution >= 0.6 is 11.3 Å². The third-order valence-electron chi connectivity index (χ3n) is 4.77. The number of para-hydroxylation sites is 1. The first-order valence-electron chi connectivity index (χ1n) is 9.49. The Bertz CT molecular complexity index is 1560. The number of carboxylic acids is 1. The van der Waals surface area contributed by atoms with E-state index >= 15 is 0 Å². The number of aromatic nitrogens is 6. The lowest BCUT2D eigenvalue weighted by atomic mass is 10.2. The zero-order chi connectivity index (χ0) is 23.8. The van der Waals surface area contributed by atoms with Gasteiger partial charge in [0.15, 0.2) is 11.4 Å². The quantitative estimate of drug-likeness (QED) is 0.335. The summed E-state index contributed by atoms with van der Waals surface area (Å²) in [5.74, 6) is -2.79. The van der Waals surface area contributed by atoms with E-state index in [0.717, 1.165) is 4.57 Å². The minimum atomic E-state index is -1.41. The SMILES string of the molecule is Nc1nonc1-n1nnc(C(=O)N=Nc2c(O)n(CC(=O)[O-])c3ccccc23)c1-c1cccs1. The van der Waals surface area contributed by atoms with Crippen LogP contribution in [0.4, 0.5) is 11.5 Å². The Morgan fingerprint density at radius 2 is 2.03 bits per heavy atom. The molecule has 0 aliphatic carbocycles. The maximum absolute atomic E-state index is 13.0. The number of benzene rings is 1. The Balaban J connectivity index is 1.58. The van der Waals surface area contributed by atoms with Crippen LogP contribution < -0.4 is 10.8 Å². The second kappa shape index (κ2) is 8.21. The molecule has 0 saturated carbocycles. The molecular weight excluding hydrogens is 466 g/mol. The van der Waals surface area contributed by atoms with Crippen molar-refractivity contribution in [2.24, 2.45) is 10.2 Å². The predicted molar refractivity (Wildman–Crippen MR) is 114 cm³/mol. The van der Waals surface area contributed by atoms with E-state index in [4.69, 9.17) is 5.73 Å². The smallest absolute Gasteiger partial charge is 0.318 e. The van der Waals surface area contributed by atoms with Gasteiger partial charge in [0.25, 0.3) is 0 Å². The van der Waals surface area contributed by atoms with Gasteiger partial charge < -0.3 is 25.3 Å². The van der Waals surface area contributed by atoms with E-state index in [1.54, 1.807) is 41.8 Å². The maximum Gasteiger partial charge on any atom is 0.318 e. The van der Waals surface area contributed by atoms with E-state index < -0.39 is 24.3 Å². The van der Waals surface area contributed by atoms with Gasteiger partial charge in [0.05, 0.1) is 22.9 Å². The van der Waals surface area contributed by atoms with Crippen molar-refractivity contribution in [2.75, 3.05) is 5.73 Å². The highest BCUT2D eigenvalue weighted by atomic mass is 32.1. The van der Waals surface area contributed by atoms with Gasteiger partial charge in [0.1, 0.15) is 5.69 Å². The molecule has 0 atom stereocenters. The van der Waals surface area contributed by atoms with E-state index in [0.29, 0.717) is 15.8 Å². The van der Waals surface area contributed by atoms with E-state index in [9.17, 15) is 19.8 Å². The molecule has 0 aliphatic heterocycles. The molecule has 3 N–H and O–H groups in total. The molecule has 5 aromatic rings. The summed E-state index contributed by atoms with van der Waals surface area (Å²) in [4.78, 5) is 24.7. The summed E-state index contributed by atoms with van der Waals surface area (Å²) < 4.78 is 6.91. The van der Waals surface area contributed by atoms with Crippen molar-refractivity contribution in [3.8, 4) is 22.3 Å². The fourth-order valence-corrected chi connectivity index (χ4v) is 4.10. The van der Waals surface area contributed by atoms with Crippen LogP contribution in [0.15, 0.2) is 56.6 Å². The maximum atomic E-state index is 13.0. The largest absolute Gasteiger partial charge is 0.548 e. The third-order valence-corrected chi connectivity index (χ3v) is 5.65. The standard InChI is InChI=1S/C19H13N9O5S/c20-16-17(25-33-24-16)28-15(11-6-3-7-34-11)14(22-26-28)18(31)23-21-13-9-4-1-2-5-10(9)27(19(13)32)8-12(29)30/h1-7,32H,8H2,(H2,20,24)(H,29,30)/p-1. The summed E-state index contributed by atoms with van der Waals surface area (Å²) >= 11 is 1.31. The average molecular weight is 478 g/mol. The third kappa shape index (κ3) is 3.45. The molecule has 14 nitrogen and oxygen atoms in total. The molecule has 5 rings (SSSR count). The van der Waals surface area contributed by atoms with Crippen molar-refractivity contribution < 1.29 is 24.4 Å². The molecule has 1 aromatic carbocycles. The molecule has 0 bridgehead atoms. The molecule has 0 unspecified atom stereocenters. The zero-order valence-electron chi connectivity index (χ0n) is 16.9. The monoisotopic (exact) mass is 478 g/mol. The number of azo groups is 1. The number of amides is 1. The number of carboxylic acid groups (broad SMARTS) is 1. The molecule has 4 aromatic heterocycles. The van der Waals surface area contributed by atoms with Crippen molar-refractivity contribution in [3.05, 3.63) is 47.5 Å². The van der Waals surface area contributed by atoms with E-state index in [1.807, 2.05) is 0 Å². The summed E-state index contributed by atoms with van der Waals surface area (Å²) in [5.41, 5.74) is 6.14. The van der Waals surface area contributed by atoms with E-state index in [2.05, 4.69) is 35.5 Å². The number of nitrogens with two attached hydrogens (primary N) is 1. The fraction of sp³-hybridized carbons (Fsp3) is 0.0526. The van der Waals surface area contributed by atoms with Crippen LogP contribution in [0.25, 0.3) is 27.3 Å². The number of carbonyl (C=O) groups is 2. The molecule has 0 aliphatic rings. The number of anilines is 1. The van der Waals surface area contributed by atoms with Gasteiger partial charge in [0.2, 0.25) is 17.5 Å². The van der Waals surface area contributed by atoms with Gasteiger partial charge in [-0.1, -0.05) is 29.5 Å². The van der Waals surface area contributed by atoms with Crippen LogP contribution in [0, 0.1) is 0 Å². The minimum Gasteiger partial charge on any atom is -0.548 e. The average Bonchev–Trinajstić information content (AvgIpc) is 3.60. The lowest BCUT2D eigenvalue weighted by molar-refractivity contribution is -0.306. The van der Waals surface area contributed by atoms with E-state index in [1.165, 1.54) is 16.0 Å². The normalized spacial score (nSPS) is 11.5. The summed E-state index contributed by atoms with van der Waals surface area (Å²) in [6, 6.07) is 10.0. The molecule has 0 spiro atoms. The summed E-state index contributed by atoms with van der Waals surface area (Å²) in [5, 5.41) is 46.5. The predicted octanol–water partition coefficient (Wildman–Crippen LogP) is 1.30. The van der Waals surface area contributed by atoms with Crippen molar-refractivity contribution in [1.82, 2.24) is 29.9 Å². The molecule has 15 heteroatoms. The molecule has 0 radical (unpaired) electrons. The molecule has 34 heavy (non-hydrogen) atoms. The van der Waals surface area contributed by atoms with Crippen LogP contribution in [-0.2, 0) is 11.3 Å². The molecular formula is C19H12N9O5S-. The number of aromatic hydroxyl groups is 1. The zero-order valence-corrected chi connectivity index (χ0v) is 17.7. The van der Waals surface area contributed by atoms with Crippen LogP contribution in [0.5, 0.6) is 5.88 Å². The summed E-state index contributed by atoms with van der Waals surface area (Å²) in [6.07, 6.45) is 0. The van der Waals surface area contributed by atoms with Gasteiger partial charge in [0, 0.05) is 5.39 Å². The highest BCUT2D eigenvalue weighted by molar-refractivity contribution is 7.13. The number of thiophene rings is 1. The summed E-state index contributed by atoms with van der Waals surface area (Å²) in [6.45, 7) is -0.611.